The summed E-state index contributed by atoms with van der Waals surface area (Å²) in [6.07, 6.45) is 12.6. The van der Waals surface area contributed by atoms with Crippen molar-refractivity contribution in [1.82, 2.24) is 0 Å². The summed E-state index contributed by atoms with van der Waals surface area (Å²) in [5.41, 5.74) is 4.28. The van der Waals surface area contributed by atoms with E-state index in [0.29, 0.717) is 5.92 Å². The highest BCUT2D eigenvalue weighted by Gasteiger charge is 2.22. The Kier molecular flexibility index (Phi) is 7.50. The predicted octanol–water partition coefficient (Wildman–Crippen LogP) is 8.30. The first-order valence-corrected chi connectivity index (χ1v) is 11.1. The third-order valence-electron chi connectivity index (χ3n) is 6.34. The second-order valence-corrected chi connectivity index (χ2v) is 8.40. The number of aryl methyl sites for hydroxylation is 1. The molecule has 1 saturated carbocycles. The van der Waals surface area contributed by atoms with Gasteiger partial charge in [-0.3, -0.25) is 0 Å². The molecular formula is C26H35F. The number of benzene rings is 2. The van der Waals surface area contributed by atoms with E-state index in [4.69, 9.17) is 0 Å². The SMILES string of the molecule is CCCCCc1ccc(-c2ccc(C3CCC(CCC)CC3)cc2F)cc1. The molecule has 0 nitrogen and oxygen atoms in total. The molecule has 0 saturated heterocycles. The maximum atomic E-state index is 14.8. The zero-order chi connectivity index (χ0) is 19.1. The van der Waals surface area contributed by atoms with E-state index in [2.05, 4.69) is 44.2 Å². The molecule has 0 unspecified atom stereocenters. The Labute approximate surface area is 165 Å². The van der Waals surface area contributed by atoms with Gasteiger partial charge in [-0.15, -0.1) is 0 Å². The highest BCUT2D eigenvalue weighted by atomic mass is 19.1. The molecular weight excluding hydrogens is 331 g/mol. The summed E-state index contributed by atoms with van der Waals surface area (Å²) in [6, 6.07) is 14.4. The summed E-state index contributed by atoms with van der Waals surface area (Å²) >= 11 is 0. The lowest BCUT2D eigenvalue weighted by Crippen LogP contribution is -2.13. The van der Waals surface area contributed by atoms with E-state index in [-0.39, 0.29) is 5.82 Å². The van der Waals surface area contributed by atoms with Crippen LogP contribution in [0.1, 0.15) is 88.7 Å². The van der Waals surface area contributed by atoms with Gasteiger partial charge in [-0.25, -0.2) is 4.39 Å². The van der Waals surface area contributed by atoms with Crippen molar-refractivity contribution in [2.45, 2.75) is 84.0 Å². The molecule has 2 aromatic carbocycles. The fourth-order valence-electron chi connectivity index (χ4n) is 4.64. The quantitative estimate of drug-likeness (QED) is 0.412. The summed E-state index contributed by atoms with van der Waals surface area (Å²) in [5, 5.41) is 0. The minimum absolute atomic E-state index is 0.0677. The molecule has 0 radical (unpaired) electrons. The zero-order valence-corrected chi connectivity index (χ0v) is 17.1. The monoisotopic (exact) mass is 366 g/mol. The topological polar surface area (TPSA) is 0 Å². The van der Waals surface area contributed by atoms with Gasteiger partial charge in [-0.05, 0) is 73.1 Å². The van der Waals surface area contributed by atoms with Crippen molar-refractivity contribution in [3.8, 4) is 11.1 Å². The highest BCUT2D eigenvalue weighted by molar-refractivity contribution is 5.65. The van der Waals surface area contributed by atoms with Crippen molar-refractivity contribution in [3.05, 3.63) is 59.4 Å². The molecule has 2 aromatic rings. The van der Waals surface area contributed by atoms with Gasteiger partial charge >= 0.3 is 0 Å². The largest absolute Gasteiger partial charge is 0.206 e. The van der Waals surface area contributed by atoms with E-state index >= 15 is 0 Å². The van der Waals surface area contributed by atoms with Crippen molar-refractivity contribution in [3.63, 3.8) is 0 Å². The van der Waals surface area contributed by atoms with Gasteiger partial charge < -0.3 is 0 Å². The van der Waals surface area contributed by atoms with E-state index < -0.39 is 0 Å². The first kappa shape index (κ1) is 20.1. The van der Waals surface area contributed by atoms with Crippen molar-refractivity contribution in [2.75, 3.05) is 0 Å². The van der Waals surface area contributed by atoms with Crippen LogP contribution in [0.15, 0.2) is 42.5 Å². The van der Waals surface area contributed by atoms with Crippen LogP contribution in [0.3, 0.4) is 0 Å². The van der Waals surface area contributed by atoms with E-state index in [9.17, 15) is 4.39 Å². The summed E-state index contributed by atoms with van der Waals surface area (Å²) in [6.45, 7) is 4.50. The number of halogens is 1. The van der Waals surface area contributed by atoms with E-state index in [1.54, 1.807) is 6.07 Å². The number of rotatable bonds is 8. The molecule has 0 heterocycles. The van der Waals surface area contributed by atoms with Crippen LogP contribution in [0.5, 0.6) is 0 Å². The number of unbranched alkanes of at least 4 members (excludes halogenated alkanes) is 2. The van der Waals surface area contributed by atoms with E-state index in [1.165, 1.54) is 68.9 Å². The summed E-state index contributed by atoms with van der Waals surface area (Å²) in [7, 11) is 0. The summed E-state index contributed by atoms with van der Waals surface area (Å²) in [5.74, 6) is 1.37. The maximum absolute atomic E-state index is 14.8. The zero-order valence-electron chi connectivity index (χ0n) is 17.1. The molecule has 0 amide bonds. The lowest BCUT2D eigenvalue weighted by atomic mass is 9.77. The van der Waals surface area contributed by atoms with Gasteiger partial charge in [0.2, 0.25) is 0 Å². The molecule has 3 rings (SSSR count). The average Bonchev–Trinajstić information content (AvgIpc) is 2.70. The Bertz CT molecular complexity index is 693. The van der Waals surface area contributed by atoms with Gasteiger partial charge in [-0.2, -0.15) is 0 Å². The van der Waals surface area contributed by atoms with Crippen LogP contribution in [0.4, 0.5) is 4.39 Å². The van der Waals surface area contributed by atoms with Crippen LogP contribution in [0.2, 0.25) is 0 Å². The molecule has 0 bridgehead atoms. The first-order chi connectivity index (χ1) is 13.2. The Morgan fingerprint density at radius 3 is 2.22 bits per heavy atom. The molecule has 0 aliphatic heterocycles. The number of hydrogen-bond acceptors (Lipinski definition) is 0. The lowest BCUT2D eigenvalue weighted by Gasteiger charge is -2.28. The Hall–Kier alpha value is -1.63. The standard InChI is InChI=1S/C26H35F/c1-3-5-6-8-21-11-15-23(16-12-21)25-18-17-24(19-26(25)27)22-13-9-20(7-4-2)10-14-22/h11-12,15-20,22H,3-10,13-14H2,1-2H3. The fraction of sp³-hybridized carbons (Fsp3) is 0.538. The molecule has 1 heteroatoms. The normalized spacial score (nSPS) is 20.0. The minimum Gasteiger partial charge on any atom is -0.206 e. The first-order valence-electron chi connectivity index (χ1n) is 11.1. The van der Waals surface area contributed by atoms with Crippen LogP contribution in [-0.4, -0.2) is 0 Å². The molecule has 0 spiro atoms. The number of hydrogen-bond donors (Lipinski definition) is 0. The van der Waals surface area contributed by atoms with Gasteiger partial charge in [0.05, 0.1) is 0 Å². The maximum Gasteiger partial charge on any atom is 0.131 e. The Balaban J connectivity index is 1.64. The van der Waals surface area contributed by atoms with E-state index in [1.807, 2.05) is 6.07 Å². The smallest absolute Gasteiger partial charge is 0.131 e. The fourth-order valence-corrected chi connectivity index (χ4v) is 4.64. The second kappa shape index (κ2) is 10.1. The summed E-state index contributed by atoms with van der Waals surface area (Å²) in [4.78, 5) is 0. The molecule has 1 aliphatic rings. The van der Waals surface area contributed by atoms with Crippen LogP contribution >= 0.6 is 0 Å². The summed E-state index contributed by atoms with van der Waals surface area (Å²) < 4.78 is 14.8. The van der Waals surface area contributed by atoms with Gasteiger partial charge in [0, 0.05) is 5.56 Å². The van der Waals surface area contributed by atoms with Crippen molar-refractivity contribution < 1.29 is 4.39 Å². The third kappa shape index (κ3) is 5.43. The average molecular weight is 367 g/mol. The molecule has 0 aromatic heterocycles. The predicted molar refractivity (Wildman–Crippen MR) is 115 cm³/mol. The molecule has 0 N–H and O–H groups in total. The molecule has 27 heavy (non-hydrogen) atoms. The Morgan fingerprint density at radius 1 is 0.852 bits per heavy atom. The van der Waals surface area contributed by atoms with Gasteiger partial charge in [0.15, 0.2) is 0 Å². The van der Waals surface area contributed by atoms with Crippen molar-refractivity contribution in [2.24, 2.45) is 5.92 Å². The molecule has 146 valence electrons. The van der Waals surface area contributed by atoms with Gasteiger partial charge in [0.25, 0.3) is 0 Å². The van der Waals surface area contributed by atoms with E-state index in [0.717, 1.165) is 23.5 Å². The minimum atomic E-state index is -0.0677. The van der Waals surface area contributed by atoms with Crippen molar-refractivity contribution >= 4 is 0 Å². The second-order valence-electron chi connectivity index (χ2n) is 8.40. The van der Waals surface area contributed by atoms with Crippen LogP contribution < -0.4 is 0 Å². The van der Waals surface area contributed by atoms with Crippen LogP contribution in [0, 0.1) is 11.7 Å². The molecule has 1 aliphatic carbocycles. The van der Waals surface area contributed by atoms with Crippen LogP contribution in [0.25, 0.3) is 11.1 Å². The van der Waals surface area contributed by atoms with Gasteiger partial charge in [0.1, 0.15) is 5.82 Å². The van der Waals surface area contributed by atoms with Crippen molar-refractivity contribution in [1.29, 1.82) is 0 Å². The van der Waals surface area contributed by atoms with Gasteiger partial charge in [-0.1, -0.05) is 75.9 Å². The van der Waals surface area contributed by atoms with Crippen LogP contribution in [-0.2, 0) is 6.42 Å². The lowest BCUT2D eigenvalue weighted by molar-refractivity contribution is 0.308. The molecule has 0 atom stereocenters. The Morgan fingerprint density at radius 2 is 1.59 bits per heavy atom. The molecule has 1 fully saturated rings. The highest BCUT2D eigenvalue weighted by Crippen LogP contribution is 2.38. The third-order valence-corrected chi connectivity index (χ3v) is 6.34.